The maximum Gasteiger partial charge on any atom is 0.321 e. The summed E-state index contributed by atoms with van der Waals surface area (Å²) in [4.78, 5) is 11.4. The minimum absolute atomic E-state index is 0.243. The van der Waals surface area contributed by atoms with E-state index in [0.717, 1.165) is 24.0 Å². The predicted octanol–water partition coefficient (Wildman–Crippen LogP) is 5.46. The van der Waals surface area contributed by atoms with E-state index in [1.807, 2.05) is 59.0 Å². The standard InChI is InChI=1S/C20H21IO3/c1-3-18(14-5-9-16(22)10-6-14)19(4-2)15-7-11-17(12-8-15)24-20(23)13-21/h5-12,22H,3-4,13H2,1-2H3/b19-18+. The normalized spacial score (nSPS) is 11.8. The van der Waals surface area contributed by atoms with Crippen LogP contribution in [0.15, 0.2) is 48.5 Å². The molecule has 1 N–H and O–H groups in total. The fourth-order valence-electron chi connectivity index (χ4n) is 2.73. The Morgan fingerprint density at radius 2 is 1.38 bits per heavy atom. The monoisotopic (exact) mass is 436 g/mol. The van der Waals surface area contributed by atoms with Crippen LogP contribution in [0.1, 0.15) is 37.8 Å². The van der Waals surface area contributed by atoms with Crippen LogP contribution in [0.5, 0.6) is 11.5 Å². The first-order valence-electron chi connectivity index (χ1n) is 7.97. The molecule has 2 rings (SSSR count). The molecule has 0 heterocycles. The maximum atomic E-state index is 11.4. The molecule has 126 valence electrons. The van der Waals surface area contributed by atoms with Gasteiger partial charge in [0.2, 0.25) is 0 Å². The Bertz CT molecular complexity index is 716. The summed E-state index contributed by atoms with van der Waals surface area (Å²) < 4.78 is 5.56. The van der Waals surface area contributed by atoms with E-state index in [2.05, 4.69) is 13.8 Å². The first kappa shape index (κ1) is 18.5. The van der Waals surface area contributed by atoms with E-state index >= 15 is 0 Å². The summed E-state index contributed by atoms with van der Waals surface area (Å²) in [6.45, 7) is 4.27. The van der Waals surface area contributed by atoms with Crippen molar-refractivity contribution in [3.63, 3.8) is 0 Å². The number of ether oxygens (including phenoxy) is 1. The number of phenolic OH excluding ortho intramolecular Hbond substituents is 1. The third kappa shape index (κ3) is 4.60. The van der Waals surface area contributed by atoms with Crippen molar-refractivity contribution >= 4 is 39.7 Å². The van der Waals surface area contributed by atoms with Crippen molar-refractivity contribution < 1.29 is 14.6 Å². The summed E-state index contributed by atoms with van der Waals surface area (Å²) in [5.41, 5.74) is 4.76. The number of esters is 1. The molecule has 0 aliphatic rings. The van der Waals surface area contributed by atoms with Crippen LogP contribution in [0, 0.1) is 0 Å². The Labute approximate surface area is 156 Å². The quantitative estimate of drug-likeness (QED) is 0.215. The lowest BCUT2D eigenvalue weighted by molar-refractivity contribution is -0.131. The van der Waals surface area contributed by atoms with Gasteiger partial charge in [0, 0.05) is 0 Å². The van der Waals surface area contributed by atoms with Crippen LogP contribution in [-0.4, -0.2) is 15.5 Å². The van der Waals surface area contributed by atoms with E-state index in [1.54, 1.807) is 12.1 Å². The highest BCUT2D eigenvalue weighted by Gasteiger charge is 2.10. The topological polar surface area (TPSA) is 46.5 Å². The molecule has 0 saturated carbocycles. The Balaban J connectivity index is 2.37. The summed E-state index contributed by atoms with van der Waals surface area (Å²) >= 11 is 1.99. The largest absolute Gasteiger partial charge is 0.508 e. The number of allylic oxidation sites excluding steroid dienone is 2. The molecule has 0 unspecified atom stereocenters. The molecule has 0 aliphatic carbocycles. The molecule has 0 bridgehead atoms. The Kier molecular flexibility index (Phi) is 6.85. The summed E-state index contributed by atoms with van der Waals surface area (Å²) in [6, 6.07) is 15.0. The van der Waals surface area contributed by atoms with E-state index in [9.17, 15) is 9.90 Å². The SMILES string of the molecule is CC/C(=C(/CC)c1ccc(OC(=O)CI)cc1)c1ccc(O)cc1. The van der Waals surface area contributed by atoms with Crippen molar-refractivity contribution in [2.75, 3.05) is 4.43 Å². The zero-order valence-electron chi connectivity index (χ0n) is 13.9. The molecule has 2 aromatic carbocycles. The van der Waals surface area contributed by atoms with Gasteiger partial charge in [-0.3, -0.25) is 4.79 Å². The van der Waals surface area contributed by atoms with Gasteiger partial charge >= 0.3 is 5.97 Å². The Morgan fingerprint density at radius 3 is 1.79 bits per heavy atom. The van der Waals surface area contributed by atoms with E-state index in [4.69, 9.17) is 4.74 Å². The van der Waals surface area contributed by atoms with E-state index in [0.29, 0.717) is 10.2 Å². The van der Waals surface area contributed by atoms with Gasteiger partial charge < -0.3 is 9.84 Å². The maximum absolute atomic E-state index is 11.4. The van der Waals surface area contributed by atoms with Gasteiger partial charge in [-0.15, -0.1) is 0 Å². The average molecular weight is 436 g/mol. The average Bonchev–Trinajstić information content (AvgIpc) is 2.61. The number of hydrogen-bond acceptors (Lipinski definition) is 3. The smallest absolute Gasteiger partial charge is 0.321 e. The second kappa shape index (κ2) is 8.87. The molecule has 3 nitrogen and oxygen atoms in total. The highest BCUT2D eigenvalue weighted by atomic mass is 127. The van der Waals surface area contributed by atoms with Gasteiger partial charge in [0.05, 0.1) is 4.43 Å². The van der Waals surface area contributed by atoms with Crippen LogP contribution in [0.3, 0.4) is 0 Å². The minimum Gasteiger partial charge on any atom is -0.508 e. The lowest BCUT2D eigenvalue weighted by atomic mass is 9.91. The molecule has 0 saturated heterocycles. The highest BCUT2D eigenvalue weighted by molar-refractivity contribution is 14.1. The van der Waals surface area contributed by atoms with E-state index in [1.165, 1.54) is 11.1 Å². The number of carbonyl (C=O) groups is 1. The number of alkyl halides is 1. The van der Waals surface area contributed by atoms with Crippen LogP contribution < -0.4 is 4.74 Å². The van der Waals surface area contributed by atoms with Crippen molar-refractivity contribution in [1.82, 2.24) is 0 Å². The number of carbonyl (C=O) groups excluding carboxylic acids is 1. The van der Waals surface area contributed by atoms with Gasteiger partial charge in [-0.1, -0.05) is 60.7 Å². The molecule has 24 heavy (non-hydrogen) atoms. The Morgan fingerprint density at radius 1 is 0.917 bits per heavy atom. The fourth-order valence-corrected chi connectivity index (χ4v) is 2.88. The van der Waals surface area contributed by atoms with Crippen LogP contribution in [0.2, 0.25) is 0 Å². The first-order chi connectivity index (χ1) is 11.6. The number of rotatable bonds is 6. The van der Waals surface area contributed by atoms with Gasteiger partial charge in [0.1, 0.15) is 11.5 Å². The highest BCUT2D eigenvalue weighted by Crippen LogP contribution is 2.32. The number of benzene rings is 2. The lowest BCUT2D eigenvalue weighted by Crippen LogP contribution is -2.08. The number of halogens is 1. The summed E-state index contributed by atoms with van der Waals surface area (Å²) in [6.07, 6.45) is 1.80. The van der Waals surface area contributed by atoms with Crippen molar-refractivity contribution in [1.29, 1.82) is 0 Å². The summed E-state index contributed by atoms with van der Waals surface area (Å²) in [5.74, 6) is 0.597. The molecule has 4 heteroatoms. The van der Waals surface area contributed by atoms with Crippen molar-refractivity contribution in [3.05, 3.63) is 59.7 Å². The zero-order chi connectivity index (χ0) is 17.5. The fraction of sp³-hybridized carbons (Fsp3) is 0.250. The van der Waals surface area contributed by atoms with Crippen molar-refractivity contribution in [2.45, 2.75) is 26.7 Å². The Hall–Kier alpha value is -1.82. The predicted molar refractivity (Wildman–Crippen MR) is 106 cm³/mol. The molecular formula is C20H21IO3. The molecular weight excluding hydrogens is 415 g/mol. The lowest BCUT2D eigenvalue weighted by Gasteiger charge is -2.14. The molecule has 0 aliphatic heterocycles. The number of phenols is 1. The third-order valence-corrected chi connectivity index (χ3v) is 4.45. The molecule has 0 amide bonds. The first-order valence-corrected chi connectivity index (χ1v) is 9.50. The van der Waals surface area contributed by atoms with Gasteiger partial charge in [-0.25, -0.2) is 0 Å². The van der Waals surface area contributed by atoms with Gasteiger partial charge in [0.25, 0.3) is 0 Å². The van der Waals surface area contributed by atoms with Crippen LogP contribution >= 0.6 is 22.6 Å². The van der Waals surface area contributed by atoms with Crippen LogP contribution in [-0.2, 0) is 4.79 Å². The third-order valence-electron chi connectivity index (χ3n) is 3.83. The summed E-state index contributed by atoms with van der Waals surface area (Å²) in [7, 11) is 0. The van der Waals surface area contributed by atoms with Gasteiger partial charge in [-0.2, -0.15) is 0 Å². The van der Waals surface area contributed by atoms with Crippen LogP contribution in [0.25, 0.3) is 11.1 Å². The minimum atomic E-state index is -0.243. The molecule has 0 radical (unpaired) electrons. The summed E-state index contributed by atoms with van der Waals surface area (Å²) in [5, 5.41) is 9.49. The van der Waals surface area contributed by atoms with Crippen molar-refractivity contribution in [3.8, 4) is 11.5 Å². The molecule has 0 atom stereocenters. The number of hydrogen-bond donors (Lipinski definition) is 1. The van der Waals surface area contributed by atoms with E-state index in [-0.39, 0.29) is 11.7 Å². The van der Waals surface area contributed by atoms with Gasteiger partial charge in [0.15, 0.2) is 0 Å². The molecule has 2 aromatic rings. The molecule has 0 fully saturated rings. The van der Waals surface area contributed by atoms with E-state index < -0.39 is 0 Å². The molecule has 0 aromatic heterocycles. The second-order valence-corrected chi connectivity index (χ2v) is 6.11. The second-order valence-electron chi connectivity index (χ2n) is 5.34. The number of aromatic hydroxyl groups is 1. The zero-order valence-corrected chi connectivity index (χ0v) is 16.0. The van der Waals surface area contributed by atoms with Crippen LogP contribution in [0.4, 0.5) is 0 Å². The van der Waals surface area contributed by atoms with Crippen molar-refractivity contribution in [2.24, 2.45) is 0 Å². The van der Waals surface area contributed by atoms with Gasteiger partial charge in [-0.05, 0) is 59.4 Å². The molecule has 0 spiro atoms.